The first-order valence-corrected chi connectivity index (χ1v) is 3.13. The fourth-order valence-corrected chi connectivity index (χ4v) is 0.901. The van der Waals surface area contributed by atoms with Crippen LogP contribution in [-0.2, 0) is 4.74 Å². The van der Waals surface area contributed by atoms with Crippen LogP contribution >= 0.6 is 0 Å². The second-order valence-corrected chi connectivity index (χ2v) is 2.34. The van der Waals surface area contributed by atoms with E-state index in [0.29, 0.717) is 0 Å². The summed E-state index contributed by atoms with van der Waals surface area (Å²) >= 11 is 0. The molecule has 0 bridgehead atoms. The van der Waals surface area contributed by atoms with E-state index in [1.165, 1.54) is 0 Å². The van der Waals surface area contributed by atoms with Crippen LogP contribution in [0.4, 0.5) is 4.79 Å². The van der Waals surface area contributed by atoms with E-state index in [2.05, 4.69) is 4.74 Å². The number of carboxylic acid groups (broad SMARTS) is 1. The van der Waals surface area contributed by atoms with Gasteiger partial charge in [-0.25, -0.2) is 4.79 Å². The Morgan fingerprint density at radius 1 is 1.45 bits per heavy atom. The van der Waals surface area contributed by atoms with E-state index in [4.69, 9.17) is 5.11 Å². The maximum Gasteiger partial charge on any atom is 0.509 e. The summed E-state index contributed by atoms with van der Waals surface area (Å²) in [6.07, 6.45) is 1.70. The average Bonchev–Trinajstić information content (AvgIpc) is 2.18. The minimum Gasteiger partial charge on any atom is -0.450 e. The molecule has 0 aliphatic carbocycles. The first-order chi connectivity index (χ1) is 5.11. The van der Waals surface area contributed by atoms with Crippen molar-refractivity contribution in [1.29, 1.82) is 0 Å². The first kappa shape index (κ1) is 7.71. The maximum absolute atomic E-state index is 10.1. The molecule has 0 saturated heterocycles. The topological polar surface area (TPSA) is 53.0 Å². The van der Waals surface area contributed by atoms with E-state index in [0.717, 1.165) is 0 Å². The van der Waals surface area contributed by atoms with E-state index >= 15 is 0 Å². The normalized spacial score (nSPS) is 17.6. The zero-order valence-electron chi connectivity index (χ0n) is 6.39. The zero-order valence-corrected chi connectivity index (χ0v) is 6.39. The summed E-state index contributed by atoms with van der Waals surface area (Å²) < 4.78 is 4.54. The largest absolute Gasteiger partial charge is 0.509 e. The Bertz CT molecular complexity index is 180. The summed E-state index contributed by atoms with van der Waals surface area (Å²) in [5.74, 6) is 0. The fourth-order valence-electron chi connectivity index (χ4n) is 0.901. The molecule has 0 aromatic heterocycles. The summed E-state index contributed by atoms with van der Waals surface area (Å²) in [5.41, 5.74) is 0. The minimum atomic E-state index is -1.27. The third-order valence-electron chi connectivity index (χ3n) is 1.44. The fraction of sp³-hybridized carbons (Fsp3) is 0.500. The van der Waals surface area contributed by atoms with Gasteiger partial charge in [0.1, 0.15) is 0 Å². The molecule has 0 radical (unpaired) electrons. The first-order valence-electron chi connectivity index (χ1n) is 3.13. The summed E-state index contributed by atoms with van der Waals surface area (Å²) in [4.78, 5) is 13.5. The molecule has 0 aromatic rings. The van der Waals surface area contributed by atoms with Crippen LogP contribution in [0.2, 0.25) is 0 Å². The monoisotopic (exact) mass is 158 g/mol. The highest BCUT2D eigenvalue weighted by atomic mass is 16.7. The quantitative estimate of drug-likeness (QED) is 0.557. The van der Waals surface area contributed by atoms with Gasteiger partial charge in [-0.05, 0) is 0 Å². The lowest BCUT2D eigenvalue weighted by molar-refractivity contribution is -0.0587. The second-order valence-electron chi connectivity index (χ2n) is 2.34. The number of rotatable bonds is 1. The molecule has 0 fully saturated rings. The third kappa shape index (κ3) is 1.54. The number of carbonyl (C=O) groups is 1. The second kappa shape index (κ2) is 2.69. The van der Waals surface area contributed by atoms with Crippen molar-refractivity contribution < 1.29 is 14.6 Å². The SMILES string of the molecule is CN1C=CN(C)C1OC(=O)O. The number of ether oxygens (including phenoxy) is 1. The molecule has 5 heteroatoms. The van der Waals surface area contributed by atoms with Crippen molar-refractivity contribution in [2.75, 3.05) is 14.1 Å². The van der Waals surface area contributed by atoms with Gasteiger partial charge in [0.05, 0.1) is 0 Å². The van der Waals surface area contributed by atoms with Crippen molar-refractivity contribution in [3.8, 4) is 0 Å². The Kier molecular flexibility index (Phi) is 1.89. The molecule has 0 amide bonds. The minimum absolute atomic E-state index is 0.521. The zero-order chi connectivity index (χ0) is 8.43. The maximum atomic E-state index is 10.1. The van der Waals surface area contributed by atoms with Crippen molar-refractivity contribution in [2.24, 2.45) is 0 Å². The van der Waals surface area contributed by atoms with Crippen LogP contribution < -0.4 is 0 Å². The van der Waals surface area contributed by atoms with Crippen LogP contribution in [-0.4, -0.2) is 41.5 Å². The van der Waals surface area contributed by atoms with Crippen LogP contribution in [0.5, 0.6) is 0 Å². The molecule has 5 nitrogen and oxygen atoms in total. The standard InChI is InChI=1S/C6H10N2O3/c1-7-3-4-8(2)5(7)11-6(9)10/h3-5H,1-2H3,(H,9,10). The van der Waals surface area contributed by atoms with Gasteiger partial charge in [0.15, 0.2) is 0 Å². The van der Waals surface area contributed by atoms with E-state index in [9.17, 15) is 4.79 Å². The lowest BCUT2D eigenvalue weighted by atomic mass is 10.8. The summed E-state index contributed by atoms with van der Waals surface area (Å²) in [6.45, 7) is 0. The van der Waals surface area contributed by atoms with Crippen molar-refractivity contribution in [2.45, 2.75) is 6.35 Å². The van der Waals surface area contributed by atoms with E-state index < -0.39 is 12.5 Å². The lowest BCUT2D eigenvalue weighted by Gasteiger charge is -2.24. The third-order valence-corrected chi connectivity index (χ3v) is 1.44. The highest BCUT2D eigenvalue weighted by Gasteiger charge is 2.23. The molecule has 1 N–H and O–H groups in total. The lowest BCUT2D eigenvalue weighted by Crippen LogP contribution is -2.38. The van der Waals surface area contributed by atoms with Crippen LogP contribution in [0.25, 0.3) is 0 Å². The highest BCUT2D eigenvalue weighted by molar-refractivity contribution is 5.57. The van der Waals surface area contributed by atoms with Gasteiger partial charge in [0.25, 0.3) is 6.35 Å². The van der Waals surface area contributed by atoms with E-state index in [1.54, 1.807) is 36.3 Å². The van der Waals surface area contributed by atoms with E-state index in [1.807, 2.05) is 0 Å². The molecule has 0 saturated carbocycles. The Morgan fingerprint density at radius 2 is 1.91 bits per heavy atom. The Labute approximate surface area is 64.5 Å². The van der Waals surface area contributed by atoms with Gasteiger partial charge >= 0.3 is 6.16 Å². The summed E-state index contributed by atoms with van der Waals surface area (Å²) in [6, 6.07) is 0. The Hall–Kier alpha value is -1.39. The number of nitrogens with zero attached hydrogens (tertiary/aromatic N) is 2. The molecule has 1 aliphatic rings. The predicted molar refractivity (Wildman–Crippen MR) is 37.6 cm³/mol. The Balaban J connectivity index is 2.52. The molecule has 0 aromatic carbocycles. The molecule has 1 rings (SSSR count). The molecule has 11 heavy (non-hydrogen) atoms. The van der Waals surface area contributed by atoms with Gasteiger partial charge in [-0.3, -0.25) is 0 Å². The smallest absolute Gasteiger partial charge is 0.450 e. The molecule has 1 heterocycles. The van der Waals surface area contributed by atoms with Crippen LogP contribution in [0.15, 0.2) is 12.4 Å². The highest BCUT2D eigenvalue weighted by Crippen LogP contribution is 2.11. The number of hydrogen-bond acceptors (Lipinski definition) is 4. The van der Waals surface area contributed by atoms with Gasteiger partial charge in [0, 0.05) is 26.5 Å². The molecular formula is C6H10N2O3. The average molecular weight is 158 g/mol. The van der Waals surface area contributed by atoms with Crippen molar-refractivity contribution in [3.63, 3.8) is 0 Å². The van der Waals surface area contributed by atoms with Gasteiger partial charge in [0.2, 0.25) is 0 Å². The number of hydrogen-bond donors (Lipinski definition) is 1. The van der Waals surface area contributed by atoms with Crippen molar-refractivity contribution in [3.05, 3.63) is 12.4 Å². The van der Waals surface area contributed by atoms with Crippen LogP contribution in [0, 0.1) is 0 Å². The summed E-state index contributed by atoms with van der Waals surface area (Å²) in [7, 11) is 3.49. The molecule has 1 aliphatic heterocycles. The van der Waals surface area contributed by atoms with Crippen LogP contribution in [0.1, 0.15) is 0 Å². The molecule has 0 atom stereocenters. The van der Waals surface area contributed by atoms with Gasteiger partial charge < -0.3 is 19.6 Å². The van der Waals surface area contributed by atoms with Gasteiger partial charge in [-0.1, -0.05) is 0 Å². The van der Waals surface area contributed by atoms with Crippen molar-refractivity contribution in [1.82, 2.24) is 9.80 Å². The van der Waals surface area contributed by atoms with Crippen LogP contribution in [0.3, 0.4) is 0 Å². The molecular weight excluding hydrogens is 148 g/mol. The predicted octanol–water partition coefficient (Wildman–Crippen LogP) is 0.313. The van der Waals surface area contributed by atoms with E-state index in [-0.39, 0.29) is 0 Å². The van der Waals surface area contributed by atoms with Gasteiger partial charge in [-0.2, -0.15) is 0 Å². The Morgan fingerprint density at radius 3 is 2.27 bits per heavy atom. The molecule has 0 unspecified atom stereocenters. The summed E-state index contributed by atoms with van der Waals surface area (Å²) in [5, 5.41) is 8.31. The van der Waals surface area contributed by atoms with Gasteiger partial charge in [-0.15, -0.1) is 0 Å². The molecule has 62 valence electrons. The van der Waals surface area contributed by atoms with Crippen molar-refractivity contribution >= 4 is 6.16 Å². The molecule has 0 spiro atoms.